The topological polar surface area (TPSA) is 172 Å². The molecule has 2 saturated carbocycles. The van der Waals surface area contributed by atoms with Crippen molar-refractivity contribution < 1.29 is 39.3 Å². The number of hydrogen-bond donors (Lipinski definition) is 4. The summed E-state index contributed by atoms with van der Waals surface area (Å²) in [5, 5.41) is 35.0. The first kappa shape index (κ1) is 27.2. The lowest BCUT2D eigenvalue weighted by Gasteiger charge is -2.55. The summed E-state index contributed by atoms with van der Waals surface area (Å²) in [5.74, 6) is -14.7. The molecule has 0 saturated heterocycles. The molecule has 0 heterocycles. The van der Waals surface area contributed by atoms with Gasteiger partial charge >= 0.3 is 0 Å². The van der Waals surface area contributed by atoms with Gasteiger partial charge in [-0.1, -0.05) is 63.2 Å². The number of aliphatic hydroxyl groups is 2. The van der Waals surface area contributed by atoms with Gasteiger partial charge in [-0.3, -0.25) is 24.0 Å². The van der Waals surface area contributed by atoms with Crippen LogP contribution in [0, 0.1) is 35.5 Å². The largest absolute Gasteiger partial charge is 0.507 e. The number of primary amides is 1. The first-order valence-corrected chi connectivity index (χ1v) is 13.8. The number of ketones is 4. The van der Waals surface area contributed by atoms with E-state index in [-0.39, 0.29) is 11.3 Å². The molecule has 212 valence electrons. The van der Waals surface area contributed by atoms with Gasteiger partial charge in [0.2, 0.25) is 5.91 Å². The van der Waals surface area contributed by atoms with Crippen molar-refractivity contribution in [2.24, 2.45) is 41.2 Å². The average Bonchev–Trinajstić information content (AvgIpc) is 3.34. The summed E-state index contributed by atoms with van der Waals surface area (Å²) in [5.41, 5.74) is 5.99. The summed E-state index contributed by atoms with van der Waals surface area (Å²) in [6.45, 7) is 4.96. The normalized spacial score (nSPS) is 34.1. The third-order valence-electron chi connectivity index (χ3n) is 9.85. The van der Waals surface area contributed by atoms with Gasteiger partial charge in [0.05, 0.1) is 17.6 Å². The Morgan fingerprint density at radius 3 is 2.37 bits per heavy atom. The Morgan fingerprint density at radius 2 is 1.73 bits per heavy atom. The molecule has 41 heavy (non-hydrogen) atoms. The van der Waals surface area contributed by atoms with Gasteiger partial charge in [0, 0.05) is 23.3 Å². The molecule has 0 aliphatic heterocycles. The fourth-order valence-corrected chi connectivity index (χ4v) is 7.95. The van der Waals surface area contributed by atoms with Gasteiger partial charge in [-0.25, -0.2) is 0 Å². The fraction of sp³-hybridized carbons (Fsp3) is 0.406. The number of hydrogen-bond acceptors (Lipinski definition) is 8. The number of carbonyl (C=O) groups is 5. The van der Waals surface area contributed by atoms with Gasteiger partial charge in [-0.2, -0.15) is 0 Å². The number of nitrogens with two attached hydrogens (primary N) is 1. The molecule has 4 aliphatic rings. The molecule has 0 spiro atoms. The van der Waals surface area contributed by atoms with Gasteiger partial charge in [0.15, 0.2) is 34.7 Å². The van der Waals surface area contributed by atoms with Crippen molar-refractivity contribution >= 4 is 40.7 Å². The third kappa shape index (κ3) is 3.45. The Hall–Kier alpha value is -3.95. The summed E-state index contributed by atoms with van der Waals surface area (Å²) in [4.78, 5) is 67.2. The van der Waals surface area contributed by atoms with E-state index in [0.29, 0.717) is 17.5 Å². The summed E-state index contributed by atoms with van der Waals surface area (Å²) in [6.07, 6.45) is 0.843. The van der Waals surface area contributed by atoms with E-state index in [1.807, 2.05) is 30.3 Å². The Morgan fingerprint density at radius 1 is 1.05 bits per heavy atom. The number of carbonyl (C=O) groups excluding carboxylic acids is 5. The van der Waals surface area contributed by atoms with Gasteiger partial charge in [0.1, 0.15) is 5.75 Å². The Labute approximate surface area is 236 Å². The molecule has 2 aromatic rings. The molecule has 2 unspecified atom stereocenters. The fourth-order valence-electron chi connectivity index (χ4n) is 7.95. The van der Waals surface area contributed by atoms with Crippen molar-refractivity contribution in [2.75, 3.05) is 0 Å². The minimum Gasteiger partial charge on any atom is -0.507 e. The third-order valence-corrected chi connectivity index (χ3v) is 9.85. The number of fused-ring (bicyclic) bond motifs is 4. The molecule has 9 heteroatoms. The molecule has 6 rings (SSSR count). The zero-order chi connectivity index (χ0) is 29.7. The lowest BCUT2D eigenvalue weighted by Crippen LogP contribution is -2.75. The van der Waals surface area contributed by atoms with E-state index in [1.54, 1.807) is 32.9 Å². The van der Waals surface area contributed by atoms with E-state index in [1.165, 1.54) is 0 Å². The van der Waals surface area contributed by atoms with E-state index >= 15 is 0 Å². The van der Waals surface area contributed by atoms with Crippen LogP contribution in [0.3, 0.4) is 0 Å². The van der Waals surface area contributed by atoms with Gasteiger partial charge in [0.25, 0.3) is 0 Å². The minimum absolute atomic E-state index is 0.0955. The van der Waals surface area contributed by atoms with Crippen LogP contribution in [0.5, 0.6) is 5.75 Å². The highest BCUT2D eigenvalue weighted by molar-refractivity contribution is 6.32. The maximum Gasteiger partial charge on any atom is 0.235 e. The lowest BCUT2D eigenvalue weighted by molar-refractivity contribution is -0.198. The standard InChI is InChI=1S/C32H31NO8/c1-12(2)19-24-28(37)20-13(3)17-8-9-18(16-10-14-6-4-5-7-15(14)11-16)25(34)21(17)27(36)22(20)29(38)32(24,41)30(39)23(26(19)35)31(33)40/h4-10,12-13,19-20,22-24,28,34,37,41H,11H2,1-3H3,(H2,33,40)/t13-,19-,20+,22?,23?,24+,28-,32-/m0/s1. The number of Topliss-reactive ketones (excluding diaryl/α,β-unsaturated/α-hetero) is 4. The highest BCUT2D eigenvalue weighted by atomic mass is 16.3. The number of amides is 1. The number of rotatable bonds is 3. The molecule has 9 nitrogen and oxygen atoms in total. The second-order valence-corrected chi connectivity index (χ2v) is 12.2. The highest BCUT2D eigenvalue weighted by Crippen LogP contribution is 2.56. The number of aliphatic hydroxyl groups excluding tert-OH is 1. The monoisotopic (exact) mass is 557 g/mol. The van der Waals surface area contributed by atoms with Crippen LogP contribution in [0.2, 0.25) is 0 Å². The molecule has 1 amide bonds. The van der Waals surface area contributed by atoms with Crippen molar-refractivity contribution in [3.63, 3.8) is 0 Å². The van der Waals surface area contributed by atoms with Crippen molar-refractivity contribution in [3.8, 4) is 5.75 Å². The highest BCUT2D eigenvalue weighted by Gasteiger charge is 2.72. The van der Waals surface area contributed by atoms with Crippen molar-refractivity contribution in [1.29, 1.82) is 0 Å². The Balaban J connectivity index is 1.49. The summed E-state index contributed by atoms with van der Waals surface area (Å²) in [7, 11) is 0. The van der Waals surface area contributed by atoms with E-state index < -0.39 is 82.2 Å². The van der Waals surface area contributed by atoms with Crippen LogP contribution < -0.4 is 5.73 Å². The van der Waals surface area contributed by atoms with Crippen LogP contribution in [0.15, 0.2) is 36.4 Å². The van der Waals surface area contributed by atoms with Crippen LogP contribution >= 0.6 is 0 Å². The quantitative estimate of drug-likeness (QED) is 0.414. The zero-order valence-corrected chi connectivity index (χ0v) is 22.8. The van der Waals surface area contributed by atoms with Gasteiger partial charge < -0.3 is 21.1 Å². The maximum absolute atomic E-state index is 14.1. The van der Waals surface area contributed by atoms with E-state index in [0.717, 1.165) is 16.7 Å². The Bertz CT molecular complexity index is 1600. The molecule has 0 radical (unpaired) electrons. The predicted molar refractivity (Wildman–Crippen MR) is 146 cm³/mol. The lowest BCUT2D eigenvalue weighted by atomic mass is 9.47. The average molecular weight is 558 g/mol. The van der Waals surface area contributed by atoms with E-state index in [9.17, 15) is 39.3 Å². The first-order valence-electron chi connectivity index (χ1n) is 13.8. The molecule has 5 N–H and O–H groups in total. The summed E-state index contributed by atoms with van der Waals surface area (Å²) >= 11 is 0. The molecule has 0 bridgehead atoms. The zero-order valence-electron chi connectivity index (χ0n) is 22.8. The molecule has 8 atom stereocenters. The SMILES string of the molecule is CC(C)[C@@H]1C(=O)C(C(N)=O)C(=O)[C@@]2(O)C(=O)C3C(=O)c4c(ccc(C5=Cc6ccccc6C5)c4O)[C@H](C)[C@H]3[C@H](O)[C@@H]12. The smallest absolute Gasteiger partial charge is 0.235 e. The molecule has 2 fully saturated rings. The number of aromatic hydroxyl groups is 1. The van der Waals surface area contributed by atoms with Crippen LogP contribution in [0.4, 0.5) is 0 Å². The van der Waals surface area contributed by atoms with E-state index in [2.05, 4.69) is 0 Å². The van der Waals surface area contributed by atoms with Crippen molar-refractivity contribution in [3.05, 3.63) is 64.2 Å². The van der Waals surface area contributed by atoms with Gasteiger partial charge in [-0.15, -0.1) is 0 Å². The minimum atomic E-state index is -2.97. The summed E-state index contributed by atoms with van der Waals surface area (Å²) < 4.78 is 0. The second-order valence-electron chi connectivity index (χ2n) is 12.2. The first-order chi connectivity index (χ1) is 19.3. The summed E-state index contributed by atoms with van der Waals surface area (Å²) in [6, 6.07) is 11.2. The number of allylic oxidation sites excluding steroid dienone is 1. The van der Waals surface area contributed by atoms with Crippen LogP contribution in [-0.2, 0) is 25.6 Å². The number of phenolic OH excluding ortho intramolecular Hbond substituents is 1. The maximum atomic E-state index is 14.1. The van der Waals surface area contributed by atoms with Gasteiger partial charge in [-0.05, 0) is 40.5 Å². The van der Waals surface area contributed by atoms with Crippen molar-refractivity contribution in [1.82, 2.24) is 0 Å². The van der Waals surface area contributed by atoms with Crippen LogP contribution in [0.1, 0.15) is 59.3 Å². The molecular weight excluding hydrogens is 526 g/mol. The number of benzene rings is 2. The second kappa shape index (κ2) is 9.03. The van der Waals surface area contributed by atoms with E-state index in [4.69, 9.17) is 5.73 Å². The molecule has 2 aromatic carbocycles. The predicted octanol–water partition coefficient (Wildman–Crippen LogP) is 1.84. The van der Waals surface area contributed by atoms with Crippen LogP contribution in [0.25, 0.3) is 11.6 Å². The molecule has 4 aliphatic carbocycles. The molecular formula is C32H31NO8. The molecule has 0 aromatic heterocycles. The van der Waals surface area contributed by atoms with Crippen LogP contribution in [-0.4, -0.2) is 56.1 Å². The Kier molecular flexibility index (Phi) is 5.99. The number of phenols is 1. The van der Waals surface area contributed by atoms with Crippen molar-refractivity contribution in [2.45, 2.75) is 44.8 Å².